The Morgan fingerprint density at radius 3 is 0.980 bits per heavy atom. The molecule has 0 atom stereocenters. The first-order chi connectivity index (χ1) is 23.3. The first-order valence-corrected chi connectivity index (χ1v) is 18.2. The predicted octanol–water partition coefficient (Wildman–Crippen LogP) is 14.6. The molecule has 8 rings (SSSR count). The fraction of sp³-hybridized carbons (Fsp3) is 0.333. The van der Waals surface area contributed by atoms with Gasteiger partial charge in [-0.2, -0.15) is 0 Å². The highest BCUT2D eigenvalue weighted by atomic mass is 16.3. The molecule has 0 aliphatic carbocycles. The minimum absolute atomic E-state index is 0.0114. The molecule has 2 aliphatic heterocycles. The van der Waals surface area contributed by atoms with Crippen molar-refractivity contribution in [2.24, 2.45) is 0 Å². The van der Waals surface area contributed by atoms with E-state index >= 15 is 0 Å². The summed E-state index contributed by atoms with van der Waals surface area (Å²) in [5.41, 5.74) is 16.0. The molecule has 0 N–H and O–H groups in total. The van der Waals surface area contributed by atoms with Crippen LogP contribution in [0.2, 0.25) is 0 Å². The van der Waals surface area contributed by atoms with Gasteiger partial charge in [-0.3, -0.25) is 0 Å². The van der Waals surface area contributed by atoms with Crippen LogP contribution in [0.25, 0.3) is 77.3 Å². The third-order valence-corrected chi connectivity index (χ3v) is 10.8. The lowest BCUT2D eigenvalue weighted by atomic mass is 9.77. The van der Waals surface area contributed by atoms with Gasteiger partial charge >= 0.3 is 0 Å². The second-order valence-electron chi connectivity index (χ2n) is 18.8. The highest BCUT2D eigenvalue weighted by molar-refractivity contribution is 6.27. The molecule has 0 unspecified atom stereocenters. The highest BCUT2D eigenvalue weighted by Crippen LogP contribution is 2.52. The smallest absolute Gasteiger partial charge is 0.136 e. The summed E-state index contributed by atoms with van der Waals surface area (Å²) in [5, 5.41) is 4.62. The zero-order valence-electron chi connectivity index (χ0n) is 31.9. The molecule has 0 fully saturated rings. The summed E-state index contributed by atoms with van der Waals surface area (Å²) >= 11 is 0. The molecule has 2 heterocycles. The number of rotatable bonds is 2. The van der Waals surface area contributed by atoms with Crippen molar-refractivity contribution in [3.63, 3.8) is 0 Å². The Labute approximate surface area is 297 Å². The van der Waals surface area contributed by atoms with Gasteiger partial charge in [0.05, 0.1) is 0 Å². The van der Waals surface area contributed by atoms with Crippen molar-refractivity contribution in [3.05, 3.63) is 107 Å². The van der Waals surface area contributed by atoms with Gasteiger partial charge in [0.1, 0.15) is 22.3 Å². The third-order valence-electron chi connectivity index (χ3n) is 10.8. The topological polar surface area (TPSA) is 26.3 Å². The maximum absolute atomic E-state index is 6.99. The van der Waals surface area contributed by atoms with Crippen molar-refractivity contribution < 1.29 is 8.83 Å². The molecule has 2 nitrogen and oxygen atoms in total. The quantitative estimate of drug-likeness (QED) is 0.136. The maximum Gasteiger partial charge on any atom is 0.136 e. The van der Waals surface area contributed by atoms with Crippen LogP contribution in [0.3, 0.4) is 0 Å². The lowest BCUT2D eigenvalue weighted by Gasteiger charge is -2.27. The van der Waals surface area contributed by atoms with E-state index in [1.54, 1.807) is 0 Å². The van der Waals surface area contributed by atoms with E-state index < -0.39 is 0 Å². The van der Waals surface area contributed by atoms with Crippen LogP contribution in [-0.4, -0.2) is 0 Å². The van der Waals surface area contributed by atoms with E-state index in [1.807, 2.05) is 0 Å². The second kappa shape index (κ2) is 10.5. The van der Waals surface area contributed by atoms with Gasteiger partial charge in [-0.1, -0.05) is 144 Å². The third kappa shape index (κ3) is 5.13. The van der Waals surface area contributed by atoms with E-state index in [0.29, 0.717) is 0 Å². The molecule has 50 heavy (non-hydrogen) atoms. The van der Waals surface area contributed by atoms with Crippen LogP contribution in [0.4, 0.5) is 0 Å². The molecule has 0 radical (unpaired) electrons. The van der Waals surface area contributed by atoms with E-state index in [1.165, 1.54) is 55.3 Å². The van der Waals surface area contributed by atoms with Crippen LogP contribution in [0.1, 0.15) is 105 Å². The van der Waals surface area contributed by atoms with Gasteiger partial charge in [-0.15, -0.1) is 0 Å². The minimum atomic E-state index is 0.0114. The van der Waals surface area contributed by atoms with Gasteiger partial charge in [0.2, 0.25) is 0 Å². The summed E-state index contributed by atoms with van der Waals surface area (Å²) in [6, 6.07) is 31.9. The summed E-state index contributed by atoms with van der Waals surface area (Å²) in [7, 11) is 0. The molecule has 0 bridgehead atoms. The van der Waals surface area contributed by atoms with E-state index in [4.69, 9.17) is 8.83 Å². The molecule has 0 saturated heterocycles. The van der Waals surface area contributed by atoms with Crippen LogP contribution in [-0.2, 0) is 21.7 Å². The number of hydrogen-bond acceptors (Lipinski definition) is 2. The zero-order chi connectivity index (χ0) is 35.7. The first-order valence-electron chi connectivity index (χ1n) is 18.2. The summed E-state index contributed by atoms with van der Waals surface area (Å²) in [4.78, 5) is 0. The molecule has 2 aliphatic rings. The van der Waals surface area contributed by atoms with Crippen LogP contribution in [0, 0.1) is 0 Å². The van der Waals surface area contributed by atoms with Gasteiger partial charge in [0.15, 0.2) is 0 Å². The fourth-order valence-corrected chi connectivity index (χ4v) is 7.68. The monoisotopic (exact) mass is 658 g/mol. The molecule has 0 spiro atoms. The van der Waals surface area contributed by atoms with Crippen molar-refractivity contribution in [2.45, 2.75) is 105 Å². The summed E-state index contributed by atoms with van der Waals surface area (Å²) in [6.45, 7) is 27.6. The molecule has 6 aromatic rings. The Bertz CT molecular complexity index is 2310. The van der Waals surface area contributed by atoms with E-state index in [9.17, 15) is 0 Å². The number of benzene rings is 6. The van der Waals surface area contributed by atoms with Crippen molar-refractivity contribution in [1.29, 1.82) is 0 Å². The molecular weight excluding hydrogens is 609 g/mol. The molecule has 6 aromatic carbocycles. The van der Waals surface area contributed by atoms with Crippen molar-refractivity contribution >= 4 is 43.9 Å². The van der Waals surface area contributed by atoms with Gasteiger partial charge in [-0.05, 0) is 101 Å². The van der Waals surface area contributed by atoms with Crippen molar-refractivity contribution in [3.8, 4) is 33.4 Å². The van der Waals surface area contributed by atoms with Crippen LogP contribution >= 0.6 is 0 Å². The molecule has 0 saturated carbocycles. The van der Waals surface area contributed by atoms with Gasteiger partial charge < -0.3 is 8.83 Å². The summed E-state index contributed by atoms with van der Waals surface area (Å²) in [6.07, 6.45) is 0. The Morgan fingerprint density at radius 2 is 0.680 bits per heavy atom. The molecule has 0 amide bonds. The van der Waals surface area contributed by atoms with Gasteiger partial charge in [-0.25, -0.2) is 0 Å². The first kappa shape index (κ1) is 32.6. The Morgan fingerprint density at radius 1 is 0.360 bits per heavy atom. The van der Waals surface area contributed by atoms with Crippen LogP contribution < -0.4 is 0 Å². The van der Waals surface area contributed by atoms with E-state index in [2.05, 4.69) is 168 Å². The lowest BCUT2D eigenvalue weighted by Crippen LogP contribution is -2.16. The van der Waals surface area contributed by atoms with E-state index in [0.717, 1.165) is 44.2 Å². The molecule has 0 aromatic heterocycles. The SMILES string of the molecule is CC(C)(C)c1cc(-c2cc3oc4cccc5c(-c6cc(C(C)(C)C)cc(C(C)(C)C)c6)cc6oc7cccc2c7c3-c6c45)cc(C(C)(C)C)c1. The van der Waals surface area contributed by atoms with Crippen molar-refractivity contribution in [1.82, 2.24) is 0 Å². The Hall–Kier alpha value is -4.56. The predicted molar refractivity (Wildman–Crippen MR) is 214 cm³/mol. The average molecular weight is 659 g/mol. The number of hydrogen-bond donors (Lipinski definition) is 0. The summed E-state index contributed by atoms with van der Waals surface area (Å²) in [5.74, 6) is 0. The van der Waals surface area contributed by atoms with Gasteiger partial charge in [0, 0.05) is 21.9 Å². The Balaban J connectivity index is 1.47. The normalized spacial score (nSPS) is 13.6. The standard InChI is InChI=1S/C48H50O2/c1-45(2,3)29-19-27(20-30(23-29)46(4,5)6)35-25-39-43-41-33(35)15-13-17-37(41)50-40-26-36(34-16-14-18-38(49-39)42(34)44(40)43)28-21-31(47(7,8)9)24-32(22-28)48(10,11)12/h13-26H,1-12H3. The molecule has 254 valence electrons. The Kier molecular flexibility index (Phi) is 6.84. The van der Waals surface area contributed by atoms with Crippen LogP contribution in [0.5, 0.6) is 0 Å². The highest BCUT2D eigenvalue weighted by Gasteiger charge is 2.29. The van der Waals surface area contributed by atoms with Gasteiger partial charge in [0.25, 0.3) is 0 Å². The second-order valence-corrected chi connectivity index (χ2v) is 18.8. The van der Waals surface area contributed by atoms with Crippen molar-refractivity contribution in [2.75, 3.05) is 0 Å². The fourth-order valence-electron chi connectivity index (χ4n) is 7.68. The largest absolute Gasteiger partial charge is 0.456 e. The molecule has 2 heteroatoms. The molecular formula is C48H50O2. The lowest BCUT2D eigenvalue weighted by molar-refractivity contribution is 0.568. The minimum Gasteiger partial charge on any atom is -0.456 e. The summed E-state index contributed by atoms with van der Waals surface area (Å²) < 4.78 is 14.0. The average Bonchev–Trinajstić information content (AvgIpc) is 3.03. The van der Waals surface area contributed by atoms with E-state index in [-0.39, 0.29) is 21.7 Å². The van der Waals surface area contributed by atoms with Crippen LogP contribution in [0.15, 0.2) is 93.8 Å². The maximum atomic E-state index is 6.99. The zero-order valence-corrected chi connectivity index (χ0v) is 31.9.